The van der Waals surface area contributed by atoms with E-state index in [1.54, 1.807) is 0 Å². The Morgan fingerprint density at radius 2 is 1.94 bits per heavy atom. The van der Waals surface area contributed by atoms with Gasteiger partial charge in [0.25, 0.3) is 0 Å². The van der Waals surface area contributed by atoms with Crippen molar-refractivity contribution in [1.82, 2.24) is 0 Å². The lowest BCUT2D eigenvalue weighted by molar-refractivity contribution is -0.116. The third kappa shape index (κ3) is 2.70. The minimum Gasteiger partial charge on any atom is -0.486 e. The number of hydrogen-bond acceptors (Lipinski definition) is 3. The molecular weight excluding hydrogens is 218 g/mol. The average Bonchev–Trinajstić information content (AvgIpc) is 2.30. The maximum atomic E-state index is 11.5. The lowest BCUT2D eigenvalue weighted by Gasteiger charge is -2.20. The molecule has 4 heteroatoms. The normalized spacial score (nSPS) is 13.3. The van der Waals surface area contributed by atoms with Gasteiger partial charge in [-0.3, -0.25) is 4.79 Å². The average molecular weight is 235 g/mol. The van der Waals surface area contributed by atoms with E-state index in [1.165, 1.54) is 0 Å². The summed E-state index contributed by atoms with van der Waals surface area (Å²) in [5.74, 6) is 1.49. The lowest BCUT2D eigenvalue weighted by atomic mass is 10.1. The zero-order chi connectivity index (χ0) is 12.3. The highest BCUT2D eigenvalue weighted by Gasteiger charge is 2.14. The number of fused-ring (bicyclic) bond motifs is 1. The van der Waals surface area contributed by atoms with Gasteiger partial charge in [-0.2, -0.15) is 0 Å². The first-order valence-corrected chi connectivity index (χ1v) is 5.91. The summed E-state index contributed by atoms with van der Waals surface area (Å²) in [5, 5.41) is 2.89. The number of carbonyl (C=O) groups excluding carboxylic acids is 1. The molecule has 0 saturated heterocycles. The van der Waals surface area contributed by atoms with Gasteiger partial charge in [0.2, 0.25) is 5.91 Å². The van der Waals surface area contributed by atoms with Crippen molar-refractivity contribution in [1.29, 1.82) is 0 Å². The van der Waals surface area contributed by atoms with Crippen LogP contribution in [-0.4, -0.2) is 19.1 Å². The number of ether oxygens (including phenoxy) is 2. The van der Waals surface area contributed by atoms with E-state index in [9.17, 15) is 4.79 Å². The van der Waals surface area contributed by atoms with Gasteiger partial charge in [-0.25, -0.2) is 0 Å². The van der Waals surface area contributed by atoms with Gasteiger partial charge >= 0.3 is 0 Å². The molecule has 2 rings (SSSR count). The van der Waals surface area contributed by atoms with E-state index >= 15 is 0 Å². The molecule has 1 aromatic carbocycles. The highest BCUT2D eigenvalue weighted by Crippen LogP contribution is 2.35. The van der Waals surface area contributed by atoms with E-state index in [0.717, 1.165) is 23.4 Å². The van der Waals surface area contributed by atoms with Crippen LogP contribution in [0, 0.1) is 6.92 Å². The Bertz CT molecular complexity index is 429. The van der Waals surface area contributed by atoms with E-state index in [4.69, 9.17) is 9.47 Å². The Labute approximate surface area is 101 Å². The number of aryl methyl sites for hydroxylation is 1. The Balaban J connectivity index is 2.19. The number of anilines is 1. The fourth-order valence-corrected chi connectivity index (χ4v) is 1.76. The maximum Gasteiger partial charge on any atom is 0.224 e. The molecule has 0 bridgehead atoms. The van der Waals surface area contributed by atoms with Gasteiger partial charge in [0.1, 0.15) is 13.2 Å². The Morgan fingerprint density at radius 3 is 2.59 bits per heavy atom. The third-order valence-electron chi connectivity index (χ3n) is 2.64. The van der Waals surface area contributed by atoms with Crippen molar-refractivity contribution >= 4 is 11.6 Å². The van der Waals surface area contributed by atoms with Crippen molar-refractivity contribution in [3.05, 3.63) is 17.7 Å². The van der Waals surface area contributed by atoms with Gasteiger partial charge in [0.15, 0.2) is 11.5 Å². The van der Waals surface area contributed by atoms with Gasteiger partial charge in [0, 0.05) is 18.2 Å². The molecule has 0 aliphatic carbocycles. The van der Waals surface area contributed by atoms with Crippen LogP contribution < -0.4 is 14.8 Å². The van der Waals surface area contributed by atoms with Crippen LogP contribution >= 0.6 is 0 Å². The second-order valence-corrected chi connectivity index (χ2v) is 4.11. The summed E-state index contributed by atoms with van der Waals surface area (Å²) in [6.07, 6.45) is 1.38. The van der Waals surface area contributed by atoms with Crippen LogP contribution in [0.25, 0.3) is 0 Å². The second-order valence-electron chi connectivity index (χ2n) is 4.11. The Hall–Kier alpha value is -1.71. The second kappa shape index (κ2) is 5.08. The monoisotopic (exact) mass is 235 g/mol. The SMILES string of the molecule is CCCC(=O)Nc1cc2c(cc1C)OCCO2. The van der Waals surface area contributed by atoms with E-state index in [-0.39, 0.29) is 5.91 Å². The van der Waals surface area contributed by atoms with Crippen LogP contribution in [0.3, 0.4) is 0 Å². The van der Waals surface area contributed by atoms with Crippen LogP contribution in [0.2, 0.25) is 0 Å². The number of rotatable bonds is 3. The predicted molar refractivity (Wildman–Crippen MR) is 65.7 cm³/mol. The Kier molecular flexibility index (Phi) is 3.52. The largest absolute Gasteiger partial charge is 0.486 e. The van der Waals surface area contributed by atoms with E-state index in [0.29, 0.717) is 25.4 Å². The van der Waals surface area contributed by atoms with Crippen LogP contribution in [0.5, 0.6) is 11.5 Å². The van der Waals surface area contributed by atoms with Crippen molar-refractivity contribution in [3.63, 3.8) is 0 Å². The predicted octanol–water partition coefficient (Wildman–Crippen LogP) is 2.50. The molecule has 1 aliphatic heterocycles. The van der Waals surface area contributed by atoms with Gasteiger partial charge < -0.3 is 14.8 Å². The molecule has 0 aromatic heterocycles. The molecule has 0 fully saturated rings. The van der Waals surface area contributed by atoms with Crippen molar-refractivity contribution in [3.8, 4) is 11.5 Å². The number of benzene rings is 1. The minimum absolute atomic E-state index is 0.0345. The number of nitrogens with one attached hydrogen (secondary N) is 1. The van der Waals surface area contributed by atoms with Crippen LogP contribution in [0.15, 0.2) is 12.1 Å². The molecule has 1 aromatic rings. The minimum atomic E-state index is 0.0345. The van der Waals surface area contributed by atoms with Crippen LogP contribution in [-0.2, 0) is 4.79 Å². The molecule has 4 nitrogen and oxygen atoms in total. The Morgan fingerprint density at radius 1 is 1.29 bits per heavy atom. The topological polar surface area (TPSA) is 47.6 Å². The zero-order valence-electron chi connectivity index (χ0n) is 10.2. The molecule has 0 spiro atoms. The van der Waals surface area contributed by atoms with Gasteiger partial charge in [-0.05, 0) is 25.0 Å². The van der Waals surface area contributed by atoms with Gasteiger partial charge in [0.05, 0.1) is 0 Å². The molecule has 0 unspecified atom stereocenters. The molecule has 0 radical (unpaired) electrons. The maximum absolute atomic E-state index is 11.5. The van der Waals surface area contributed by atoms with E-state index < -0.39 is 0 Å². The molecule has 1 heterocycles. The van der Waals surface area contributed by atoms with Crippen molar-refractivity contribution in [2.24, 2.45) is 0 Å². The number of amides is 1. The highest BCUT2D eigenvalue weighted by molar-refractivity contribution is 5.91. The first kappa shape index (κ1) is 11.8. The fraction of sp³-hybridized carbons (Fsp3) is 0.462. The molecule has 1 N–H and O–H groups in total. The molecule has 17 heavy (non-hydrogen) atoms. The molecule has 0 atom stereocenters. The summed E-state index contributed by atoms with van der Waals surface area (Å²) in [4.78, 5) is 11.5. The molecule has 1 amide bonds. The standard InChI is InChI=1S/C13H17NO3/c1-3-4-13(15)14-10-8-12-11(7-9(10)2)16-5-6-17-12/h7-8H,3-6H2,1-2H3,(H,14,15). The molecule has 92 valence electrons. The summed E-state index contributed by atoms with van der Waals surface area (Å²) in [6, 6.07) is 3.73. The summed E-state index contributed by atoms with van der Waals surface area (Å²) in [7, 11) is 0. The summed E-state index contributed by atoms with van der Waals surface area (Å²) in [6.45, 7) is 5.06. The number of carbonyl (C=O) groups is 1. The zero-order valence-corrected chi connectivity index (χ0v) is 10.2. The third-order valence-corrected chi connectivity index (χ3v) is 2.64. The van der Waals surface area contributed by atoms with Crippen molar-refractivity contribution in [2.45, 2.75) is 26.7 Å². The van der Waals surface area contributed by atoms with Crippen LogP contribution in [0.1, 0.15) is 25.3 Å². The highest BCUT2D eigenvalue weighted by atomic mass is 16.6. The first-order valence-electron chi connectivity index (χ1n) is 5.91. The van der Waals surface area contributed by atoms with E-state index in [2.05, 4.69) is 5.32 Å². The van der Waals surface area contributed by atoms with Crippen LogP contribution in [0.4, 0.5) is 5.69 Å². The van der Waals surface area contributed by atoms with E-state index in [1.807, 2.05) is 26.0 Å². The lowest BCUT2D eigenvalue weighted by Crippen LogP contribution is -2.17. The van der Waals surface area contributed by atoms with Crippen molar-refractivity contribution < 1.29 is 14.3 Å². The molecule has 1 aliphatic rings. The quantitative estimate of drug-likeness (QED) is 0.875. The summed E-state index contributed by atoms with van der Waals surface area (Å²) < 4.78 is 11.0. The fourth-order valence-electron chi connectivity index (χ4n) is 1.76. The first-order chi connectivity index (χ1) is 8.20. The number of hydrogen-bond donors (Lipinski definition) is 1. The molecule has 0 saturated carbocycles. The summed E-state index contributed by atoms with van der Waals surface area (Å²) in [5.41, 5.74) is 1.78. The smallest absolute Gasteiger partial charge is 0.224 e. The molecular formula is C13H17NO3. The van der Waals surface area contributed by atoms with Crippen molar-refractivity contribution in [2.75, 3.05) is 18.5 Å². The van der Waals surface area contributed by atoms with Gasteiger partial charge in [-0.1, -0.05) is 6.92 Å². The van der Waals surface area contributed by atoms with Gasteiger partial charge in [-0.15, -0.1) is 0 Å². The summed E-state index contributed by atoms with van der Waals surface area (Å²) >= 11 is 0.